The van der Waals surface area contributed by atoms with Crippen LogP contribution in [0, 0.1) is 0 Å². The van der Waals surface area contributed by atoms with Crippen molar-refractivity contribution in [3.8, 4) is 0 Å². The van der Waals surface area contributed by atoms with E-state index in [1.807, 2.05) is 6.92 Å². The molecule has 18 heavy (non-hydrogen) atoms. The number of ether oxygens (including phenoxy) is 1. The molecular formula is C13H27N3O2. The Bertz CT molecular complexity index is 228. The maximum absolute atomic E-state index is 11.0. The van der Waals surface area contributed by atoms with E-state index < -0.39 is 0 Å². The summed E-state index contributed by atoms with van der Waals surface area (Å²) in [7, 11) is 0. The summed E-state index contributed by atoms with van der Waals surface area (Å²) in [6.45, 7) is 12.8. The summed E-state index contributed by atoms with van der Waals surface area (Å²) in [6, 6.07) is 0. The number of carbonyl (C=O) groups excluding carboxylic acids is 1. The minimum absolute atomic E-state index is 0.0919. The van der Waals surface area contributed by atoms with Crippen LogP contribution in [-0.2, 0) is 9.53 Å². The highest BCUT2D eigenvalue weighted by atomic mass is 16.5. The van der Waals surface area contributed by atoms with Gasteiger partial charge in [0, 0.05) is 45.7 Å². The topological polar surface area (TPSA) is 44.8 Å². The number of amides is 1. The summed E-state index contributed by atoms with van der Waals surface area (Å²) in [5.41, 5.74) is 0. The second-order valence-electron chi connectivity index (χ2n) is 4.59. The Morgan fingerprint density at radius 3 is 2.39 bits per heavy atom. The minimum Gasteiger partial charge on any atom is -0.378 e. The highest BCUT2D eigenvalue weighted by molar-refractivity contribution is 5.75. The molecule has 1 amide bonds. The van der Waals surface area contributed by atoms with Crippen LogP contribution in [0.1, 0.15) is 20.3 Å². The van der Waals surface area contributed by atoms with E-state index in [2.05, 4.69) is 22.0 Å². The molecule has 0 radical (unpaired) electrons. The van der Waals surface area contributed by atoms with Crippen LogP contribution in [0.2, 0.25) is 0 Å². The van der Waals surface area contributed by atoms with Gasteiger partial charge in [-0.3, -0.25) is 9.69 Å². The van der Waals surface area contributed by atoms with Crippen molar-refractivity contribution >= 4 is 5.91 Å². The number of nitrogens with zero attached hydrogens (tertiary/aromatic N) is 2. The number of rotatable bonds is 8. The van der Waals surface area contributed by atoms with Gasteiger partial charge in [0.1, 0.15) is 0 Å². The first-order valence-corrected chi connectivity index (χ1v) is 7.05. The fourth-order valence-corrected chi connectivity index (χ4v) is 2.01. The summed E-state index contributed by atoms with van der Waals surface area (Å²) < 4.78 is 5.51. The second kappa shape index (κ2) is 9.30. The van der Waals surface area contributed by atoms with E-state index >= 15 is 0 Å². The maximum Gasteiger partial charge on any atom is 0.219 e. The van der Waals surface area contributed by atoms with Crippen molar-refractivity contribution in [2.24, 2.45) is 0 Å². The third kappa shape index (κ3) is 6.33. The molecule has 1 rings (SSSR count). The predicted molar refractivity (Wildman–Crippen MR) is 72.7 cm³/mol. The zero-order valence-electron chi connectivity index (χ0n) is 11.8. The van der Waals surface area contributed by atoms with Gasteiger partial charge in [0.2, 0.25) is 5.91 Å². The van der Waals surface area contributed by atoms with Gasteiger partial charge in [-0.1, -0.05) is 13.8 Å². The molecule has 1 aliphatic heterocycles. The molecular weight excluding hydrogens is 230 g/mol. The van der Waals surface area contributed by atoms with Gasteiger partial charge in [-0.15, -0.1) is 0 Å². The molecule has 0 aromatic carbocycles. The molecule has 0 atom stereocenters. The quantitative estimate of drug-likeness (QED) is 0.630. The lowest BCUT2D eigenvalue weighted by atomic mass is 10.3. The number of hydrogen-bond donors (Lipinski definition) is 1. The number of hydrogen-bond acceptors (Lipinski definition) is 4. The van der Waals surface area contributed by atoms with Gasteiger partial charge in [-0.25, -0.2) is 0 Å². The first-order chi connectivity index (χ1) is 8.76. The summed E-state index contributed by atoms with van der Waals surface area (Å²) in [4.78, 5) is 15.9. The average molecular weight is 257 g/mol. The summed E-state index contributed by atoms with van der Waals surface area (Å²) in [5, 5.41) is 2.80. The molecule has 106 valence electrons. The third-order valence-corrected chi connectivity index (χ3v) is 3.35. The molecule has 1 N–H and O–H groups in total. The van der Waals surface area contributed by atoms with E-state index in [-0.39, 0.29) is 5.91 Å². The van der Waals surface area contributed by atoms with Crippen LogP contribution in [0.25, 0.3) is 0 Å². The molecule has 0 unspecified atom stereocenters. The molecule has 1 saturated heterocycles. The van der Waals surface area contributed by atoms with Crippen molar-refractivity contribution in [1.82, 2.24) is 15.1 Å². The average Bonchev–Trinajstić information content (AvgIpc) is 2.43. The van der Waals surface area contributed by atoms with E-state index in [9.17, 15) is 4.79 Å². The fourth-order valence-electron chi connectivity index (χ4n) is 2.01. The summed E-state index contributed by atoms with van der Waals surface area (Å²) in [5.74, 6) is 0.0919. The first-order valence-electron chi connectivity index (χ1n) is 7.05. The van der Waals surface area contributed by atoms with Gasteiger partial charge in [0.15, 0.2) is 0 Å². The first kappa shape index (κ1) is 15.4. The lowest BCUT2D eigenvalue weighted by Gasteiger charge is -2.33. The molecule has 0 bridgehead atoms. The van der Waals surface area contributed by atoms with E-state index in [0.717, 1.165) is 32.8 Å². The van der Waals surface area contributed by atoms with Gasteiger partial charge in [-0.05, 0) is 6.54 Å². The highest BCUT2D eigenvalue weighted by Crippen LogP contribution is 2.00. The van der Waals surface area contributed by atoms with E-state index in [0.29, 0.717) is 19.6 Å². The number of piperazine rings is 1. The van der Waals surface area contributed by atoms with Crippen LogP contribution in [0.15, 0.2) is 0 Å². The van der Waals surface area contributed by atoms with E-state index in [1.54, 1.807) is 0 Å². The minimum atomic E-state index is 0.0919. The molecule has 1 heterocycles. The van der Waals surface area contributed by atoms with E-state index in [1.165, 1.54) is 13.1 Å². The van der Waals surface area contributed by atoms with Crippen molar-refractivity contribution < 1.29 is 9.53 Å². The zero-order valence-corrected chi connectivity index (χ0v) is 11.8. The lowest BCUT2D eigenvalue weighted by Crippen LogP contribution is -2.47. The molecule has 0 aromatic rings. The van der Waals surface area contributed by atoms with Gasteiger partial charge in [0.25, 0.3) is 0 Å². The lowest BCUT2D eigenvalue weighted by molar-refractivity contribution is -0.121. The van der Waals surface area contributed by atoms with Crippen LogP contribution in [0.4, 0.5) is 0 Å². The number of carbonyl (C=O) groups is 1. The summed E-state index contributed by atoms with van der Waals surface area (Å²) >= 11 is 0. The van der Waals surface area contributed by atoms with Gasteiger partial charge >= 0.3 is 0 Å². The Hall–Kier alpha value is -0.650. The van der Waals surface area contributed by atoms with E-state index in [4.69, 9.17) is 4.74 Å². The SMILES string of the molecule is CCC(=O)NCCOCCN1CCN(CC)CC1. The molecule has 0 aliphatic carbocycles. The maximum atomic E-state index is 11.0. The Morgan fingerprint density at radius 2 is 1.78 bits per heavy atom. The van der Waals surface area contributed by atoms with Crippen molar-refractivity contribution in [3.05, 3.63) is 0 Å². The van der Waals surface area contributed by atoms with Crippen LogP contribution < -0.4 is 5.32 Å². The molecule has 1 fully saturated rings. The van der Waals surface area contributed by atoms with Crippen LogP contribution in [0.5, 0.6) is 0 Å². The number of likely N-dealkylation sites (N-methyl/N-ethyl adjacent to an activating group) is 1. The van der Waals surface area contributed by atoms with Gasteiger partial charge in [-0.2, -0.15) is 0 Å². The van der Waals surface area contributed by atoms with Gasteiger partial charge < -0.3 is 15.0 Å². The Morgan fingerprint density at radius 1 is 1.11 bits per heavy atom. The number of nitrogens with one attached hydrogen (secondary N) is 1. The summed E-state index contributed by atoms with van der Waals surface area (Å²) in [6.07, 6.45) is 0.543. The Balaban J connectivity index is 1.91. The van der Waals surface area contributed by atoms with Crippen molar-refractivity contribution in [1.29, 1.82) is 0 Å². The molecule has 5 nitrogen and oxygen atoms in total. The van der Waals surface area contributed by atoms with Gasteiger partial charge in [0.05, 0.1) is 13.2 Å². The smallest absolute Gasteiger partial charge is 0.219 e. The highest BCUT2D eigenvalue weighted by Gasteiger charge is 2.14. The second-order valence-corrected chi connectivity index (χ2v) is 4.59. The molecule has 0 aromatic heterocycles. The van der Waals surface area contributed by atoms with Crippen LogP contribution in [0.3, 0.4) is 0 Å². The Kier molecular flexibility index (Phi) is 7.96. The standard InChI is InChI=1S/C13H27N3O2/c1-3-13(17)14-5-11-18-12-10-16-8-6-15(4-2)7-9-16/h3-12H2,1-2H3,(H,14,17). The fraction of sp³-hybridized carbons (Fsp3) is 0.923. The predicted octanol–water partition coefficient (Wildman–Crippen LogP) is 0.167. The zero-order chi connectivity index (χ0) is 13.2. The molecule has 5 heteroatoms. The van der Waals surface area contributed by atoms with Crippen LogP contribution >= 0.6 is 0 Å². The monoisotopic (exact) mass is 257 g/mol. The third-order valence-electron chi connectivity index (χ3n) is 3.35. The molecule has 0 spiro atoms. The van der Waals surface area contributed by atoms with Crippen molar-refractivity contribution in [3.63, 3.8) is 0 Å². The molecule has 0 saturated carbocycles. The Labute approximate surface area is 110 Å². The van der Waals surface area contributed by atoms with Crippen molar-refractivity contribution in [2.75, 3.05) is 59.0 Å². The van der Waals surface area contributed by atoms with Crippen LogP contribution in [-0.4, -0.2) is 74.7 Å². The molecule has 1 aliphatic rings. The normalized spacial score (nSPS) is 17.9. The van der Waals surface area contributed by atoms with Crippen molar-refractivity contribution in [2.45, 2.75) is 20.3 Å². The largest absolute Gasteiger partial charge is 0.378 e.